The summed E-state index contributed by atoms with van der Waals surface area (Å²) in [6.07, 6.45) is 1.89. The second-order valence-corrected chi connectivity index (χ2v) is 16.7. The summed E-state index contributed by atoms with van der Waals surface area (Å²) in [5, 5.41) is 4.74. The highest BCUT2D eigenvalue weighted by atomic mass is 15.1. The first-order chi connectivity index (χ1) is 30.5. The number of aromatic amines is 1. The molecule has 8 aromatic carbocycles. The quantitative estimate of drug-likeness (QED) is 0.175. The van der Waals surface area contributed by atoms with Gasteiger partial charge in [-0.15, -0.1) is 0 Å². The number of pyridine rings is 1. The molecule has 0 bridgehead atoms. The van der Waals surface area contributed by atoms with E-state index in [0.29, 0.717) is 0 Å². The van der Waals surface area contributed by atoms with Crippen LogP contribution in [0.15, 0.2) is 206 Å². The lowest BCUT2D eigenvalue weighted by molar-refractivity contribution is 0.643. The third-order valence-corrected chi connectivity index (χ3v) is 12.8. The molecule has 5 nitrogen and oxygen atoms in total. The highest BCUT2D eigenvalue weighted by Gasteiger charge is 2.29. The van der Waals surface area contributed by atoms with Gasteiger partial charge in [0.15, 0.2) is 0 Å². The number of aromatic nitrogens is 5. The molecule has 0 unspecified atom stereocenters. The summed E-state index contributed by atoms with van der Waals surface area (Å²) in [5.74, 6) is 1.77. The number of rotatable bonds is 7. The van der Waals surface area contributed by atoms with Crippen molar-refractivity contribution in [3.63, 3.8) is 0 Å². The first-order valence-corrected chi connectivity index (χ1v) is 21.2. The molecule has 4 heterocycles. The van der Waals surface area contributed by atoms with Gasteiger partial charge in [-0.1, -0.05) is 153 Å². The van der Waals surface area contributed by atoms with E-state index in [1.165, 1.54) is 43.8 Å². The molecule has 0 aliphatic rings. The van der Waals surface area contributed by atoms with Gasteiger partial charge in [0.25, 0.3) is 0 Å². The summed E-state index contributed by atoms with van der Waals surface area (Å²) < 4.78 is 4.65. The van der Waals surface area contributed by atoms with Crippen molar-refractivity contribution in [2.45, 2.75) is 19.3 Å². The van der Waals surface area contributed by atoms with Gasteiger partial charge in [0.05, 0.1) is 27.6 Å². The van der Waals surface area contributed by atoms with Crippen molar-refractivity contribution in [1.29, 1.82) is 0 Å². The average Bonchev–Trinajstić information content (AvgIpc) is 4.02. The van der Waals surface area contributed by atoms with Gasteiger partial charge in [-0.2, -0.15) is 0 Å². The summed E-state index contributed by atoms with van der Waals surface area (Å²) in [5.41, 5.74) is 15.3. The normalized spacial score (nSPS) is 12.0. The Morgan fingerprint density at radius 3 is 1.97 bits per heavy atom. The third-order valence-electron chi connectivity index (χ3n) is 12.8. The molecule has 0 atom stereocenters. The molecule has 294 valence electrons. The van der Waals surface area contributed by atoms with Crippen molar-refractivity contribution >= 4 is 54.6 Å². The fourth-order valence-electron chi connectivity index (χ4n) is 9.76. The maximum atomic E-state index is 5.60. The molecule has 1 N–H and O–H groups in total. The van der Waals surface area contributed by atoms with Crippen molar-refractivity contribution < 1.29 is 0 Å². The standard InChI is InChI=1S/C57H41N5/c1-57(2,39-20-8-4-9-21-39)48-36-52-47(35-46(48)37-18-6-3-7-19-37)43-32-31-38(34-51(43)62(52)53-30-14-15-33-58-53)41-25-17-29-50-55(41)60-56(61(50)40-22-10-5-11-23-40)45-27-16-26-44-42-24-12-13-28-49(42)59-54(44)45/h3-36,59H,1-2H3. The number of nitrogens with zero attached hydrogens (tertiary/aromatic N) is 4. The SMILES string of the molecule is CC(C)(c1ccccc1)c1cc2c(cc1-c1ccccc1)c1ccc(-c3cccc4c3nc(-c3cccc5c3[nH]c3ccccc35)n4-c3ccccc3)cc1n2-c1ccccn1. The molecule has 0 aliphatic heterocycles. The number of hydrogen-bond donors (Lipinski definition) is 1. The lowest BCUT2D eigenvalue weighted by Crippen LogP contribution is -2.20. The zero-order valence-electron chi connectivity index (χ0n) is 34.4. The highest BCUT2D eigenvalue weighted by Crippen LogP contribution is 2.45. The molecular weight excluding hydrogens is 755 g/mol. The van der Waals surface area contributed by atoms with Gasteiger partial charge >= 0.3 is 0 Å². The van der Waals surface area contributed by atoms with E-state index in [1.807, 2.05) is 12.3 Å². The lowest BCUT2D eigenvalue weighted by atomic mass is 9.74. The van der Waals surface area contributed by atoms with E-state index >= 15 is 0 Å². The molecule has 0 aliphatic carbocycles. The maximum absolute atomic E-state index is 5.60. The Hall–Kier alpha value is -8.02. The van der Waals surface area contributed by atoms with Crippen LogP contribution in [0, 0.1) is 0 Å². The number of fused-ring (bicyclic) bond motifs is 7. The monoisotopic (exact) mass is 795 g/mol. The Balaban J connectivity index is 1.12. The van der Waals surface area contributed by atoms with Gasteiger partial charge in [0, 0.05) is 55.5 Å². The van der Waals surface area contributed by atoms with Gasteiger partial charge < -0.3 is 4.98 Å². The van der Waals surface area contributed by atoms with Crippen LogP contribution in [0.4, 0.5) is 0 Å². The Bertz CT molecular complexity index is 3630. The van der Waals surface area contributed by atoms with Gasteiger partial charge in [0.2, 0.25) is 0 Å². The number of para-hydroxylation sites is 4. The topological polar surface area (TPSA) is 51.4 Å². The molecule has 62 heavy (non-hydrogen) atoms. The minimum atomic E-state index is -0.292. The van der Waals surface area contributed by atoms with E-state index in [-0.39, 0.29) is 5.41 Å². The van der Waals surface area contributed by atoms with Crippen LogP contribution in [-0.4, -0.2) is 24.1 Å². The van der Waals surface area contributed by atoms with Crippen molar-refractivity contribution in [2.75, 3.05) is 0 Å². The largest absolute Gasteiger partial charge is 0.354 e. The van der Waals surface area contributed by atoms with E-state index < -0.39 is 0 Å². The second kappa shape index (κ2) is 14.0. The molecule has 5 heteroatoms. The number of imidazole rings is 1. The van der Waals surface area contributed by atoms with Crippen LogP contribution in [0.5, 0.6) is 0 Å². The van der Waals surface area contributed by atoms with Crippen molar-refractivity contribution in [2.24, 2.45) is 0 Å². The summed E-state index contributed by atoms with van der Waals surface area (Å²) in [6, 6.07) is 71.7. The third kappa shape index (κ3) is 5.55. The van der Waals surface area contributed by atoms with Gasteiger partial charge in [0.1, 0.15) is 11.6 Å². The van der Waals surface area contributed by atoms with E-state index in [2.05, 4.69) is 222 Å². The molecule has 0 radical (unpaired) electrons. The summed E-state index contributed by atoms with van der Waals surface area (Å²) in [4.78, 5) is 14.3. The fraction of sp³-hybridized carbons (Fsp3) is 0.0526. The zero-order valence-corrected chi connectivity index (χ0v) is 34.4. The summed E-state index contributed by atoms with van der Waals surface area (Å²) in [6.45, 7) is 4.67. The van der Waals surface area contributed by atoms with Crippen molar-refractivity contribution in [3.8, 4) is 45.1 Å². The summed E-state index contributed by atoms with van der Waals surface area (Å²) in [7, 11) is 0. The molecule has 0 spiro atoms. The van der Waals surface area contributed by atoms with E-state index in [9.17, 15) is 0 Å². The zero-order chi connectivity index (χ0) is 41.4. The smallest absolute Gasteiger partial charge is 0.147 e. The number of hydrogen-bond acceptors (Lipinski definition) is 2. The Labute approximate surface area is 359 Å². The van der Waals surface area contributed by atoms with Crippen LogP contribution in [0.3, 0.4) is 0 Å². The van der Waals surface area contributed by atoms with Crippen molar-refractivity contribution in [1.82, 2.24) is 24.1 Å². The van der Waals surface area contributed by atoms with Crippen molar-refractivity contribution in [3.05, 3.63) is 218 Å². The van der Waals surface area contributed by atoms with Gasteiger partial charge in [-0.05, 0) is 88.5 Å². The fourth-order valence-corrected chi connectivity index (χ4v) is 9.76. The Morgan fingerprint density at radius 2 is 1.16 bits per heavy atom. The molecule has 12 aromatic rings. The van der Waals surface area contributed by atoms with E-state index in [4.69, 9.17) is 9.97 Å². The molecule has 0 saturated heterocycles. The second-order valence-electron chi connectivity index (χ2n) is 16.7. The first-order valence-electron chi connectivity index (χ1n) is 21.2. The van der Waals surface area contributed by atoms with Gasteiger partial charge in [-0.25, -0.2) is 9.97 Å². The maximum Gasteiger partial charge on any atom is 0.147 e. The van der Waals surface area contributed by atoms with Crippen LogP contribution < -0.4 is 0 Å². The number of benzene rings is 8. The molecule has 4 aromatic heterocycles. The predicted molar refractivity (Wildman–Crippen MR) is 257 cm³/mol. The summed E-state index contributed by atoms with van der Waals surface area (Å²) >= 11 is 0. The molecule has 0 amide bonds. The van der Waals surface area contributed by atoms with E-state index in [1.54, 1.807) is 0 Å². The first kappa shape index (κ1) is 35.9. The average molecular weight is 796 g/mol. The van der Waals surface area contributed by atoms with Gasteiger partial charge in [-0.3, -0.25) is 9.13 Å². The highest BCUT2D eigenvalue weighted by molar-refractivity contribution is 6.14. The molecule has 0 saturated carbocycles. The predicted octanol–water partition coefficient (Wildman–Crippen LogP) is 14.5. The minimum Gasteiger partial charge on any atom is -0.354 e. The van der Waals surface area contributed by atoms with Crippen LogP contribution in [0.2, 0.25) is 0 Å². The molecule has 12 rings (SSSR count). The molecular formula is C57H41N5. The van der Waals surface area contributed by atoms with Crippen LogP contribution in [0.25, 0.3) is 99.8 Å². The molecule has 0 fully saturated rings. The van der Waals surface area contributed by atoms with Crippen LogP contribution >= 0.6 is 0 Å². The van der Waals surface area contributed by atoms with Crippen LogP contribution in [-0.2, 0) is 5.41 Å². The lowest BCUT2D eigenvalue weighted by Gasteiger charge is -2.29. The number of H-pyrrole nitrogens is 1. The van der Waals surface area contributed by atoms with Crippen LogP contribution in [0.1, 0.15) is 25.0 Å². The minimum absolute atomic E-state index is 0.292. The Kier molecular flexibility index (Phi) is 8.12. The Morgan fingerprint density at radius 1 is 0.468 bits per heavy atom. The number of nitrogens with one attached hydrogen (secondary N) is 1. The van der Waals surface area contributed by atoms with E-state index in [0.717, 1.165) is 67.1 Å².